The Bertz CT molecular complexity index is 243. The van der Waals surface area contributed by atoms with Crippen molar-refractivity contribution in [2.24, 2.45) is 5.92 Å². The van der Waals surface area contributed by atoms with E-state index in [9.17, 15) is 5.11 Å². The van der Waals surface area contributed by atoms with E-state index in [-0.39, 0.29) is 12.0 Å². The van der Waals surface area contributed by atoms with E-state index in [1.54, 1.807) is 7.11 Å². The van der Waals surface area contributed by atoms with Crippen molar-refractivity contribution < 1.29 is 14.6 Å². The molecule has 0 saturated carbocycles. The number of aliphatic hydroxyl groups excluding tert-OH is 1. The van der Waals surface area contributed by atoms with Crippen LogP contribution in [-0.2, 0) is 9.47 Å². The summed E-state index contributed by atoms with van der Waals surface area (Å²) in [6, 6.07) is 2.20. The fourth-order valence-corrected chi connectivity index (χ4v) is 1.67. The van der Waals surface area contributed by atoms with Gasteiger partial charge in [0, 0.05) is 20.2 Å². The third-order valence-corrected chi connectivity index (χ3v) is 2.64. The summed E-state index contributed by atoms with van der Waals surface area (Å²) in [4.78, 5) is 2.06. The van der Waals surface area contributed by atoms with E-state index in [0.717, 1.165) is 6.54 Å². The van der Waals surface area contributed by atoms with Gasteiger partial charge in [-0.25, -0.2) is 0 Å². The van der Waals surface area contributed by atoms with Gasteiger partial charge in [0.1, 0.15) is 0 Å². The summed E-state index contributed by atoms with van der Waals surface area (Å²) in [5.74, 6) is -0.0227. The predicted molar refractivity (Wildman–Crippen MR) is 70.2 cm³/mol. The molecule has 0 aromatic heterocycles. The van der Waals surface area contributed by atoms with Gasteiger partial charge in [0.15, 0.2) is 0 Å². The van der Waals surface area contributed by atoms with E-state index in [1.165, 1.54) is 0 Å². The van der Waals surface area contributed by atoms with Crippen molar-refractivity contribution in [3.8, 4) is 6.07 Å². The summed E-state index contributed by atoms with van der Waals surface area (Å²) in [7, 11) is 1.62. The lowest BCUT2D eigenvalue weighted by molar-refractivity contribution is -0.0397. The average molecular weight is 258 g/mol. The fourth-order valence-electron chi connectivity index (χ4n) is 1.67. The molecule has 3 unspecified atom stereocenters. The van der Waals surface area contributed by atoms with E-state index in [1.807, 2.05) is 20.8 Å². The largest absolute Gasteiger partial charge is 0.389 e. The van der Waals surface area contributed by atoms with Crippen molar-refractivity contribution in [1.82, 2.24) is 4.90 Å². The minimum absolute atomic E-state index is 0.0160. The zero-order chi connectivity index (χ0) is 14.0. The minimum atomic E-state index is -0.532. The Kier molecular flexibility index (Phi) is 9.89. The number of rotatable bonds is 10. The Labute approximate surface area is 110 Å². The molecule has 0 aliphatic carbocycles. The number of aliphatic hydroxyl groups is 1. The van der Waals surface area contributed by atoms with Gasteiger partial charge in [0.2, 0.25) is 0 Å². The summed E-state index contributed by atoms with van der Waals surface area (Å²) in [5.41, 5.74) is 0. The van der Waals surface area contributed by atoms with E-state index in [2.05, 4.69) is 11.0 Å². The van der Waals surface area contributed by atoms with Crippen molar-refractivity contribution in [3.63, 3.8) is 0 Å². The summed E-state index contributed by atoms with van der Waals surface area (Å²) >= 11 is 0. The van der Waals surface area contributed by atoms with Crippen LogP contribution in [0.4, 0.5) is 0 Å². The van der Waals surface area contributed by atoms with Gasteiger partial charge in [-0.15, -0.1) is 0 Å². The maximum atomic E-state index is 9.86. The first-order valence-corrected chi connectivity index (χ1v) is 6.44. The lowest BCUT2D eigenvalue weighted by atomic mass is 10.2. The van der Waals surface area contributed by atoms with E-state index < -0.39 is 6.10 Å². The molecule has 0 aromatic rings. The zero-order valence-electron chi connectivity index (χ0n) is 11.9. The van der Waals surface area contributed by atoms with Gasteiger partial charge in [-0.2, -0.15) is 5.26 Å². The van der Waals surface area contributed by atoms with Crippen LogP contribution in [0.2, 0.25) is 0 Å². The smallest absolute Gasteiger partial charge is 0.0900 e. The maximum Gasteiger partial charge on any atom is 0.0900 e. The fraction of sp³-hybridized carbons (Fsp3) is 0.923. The number of hydrogen-bond donors (Lipinski definition) is 1. The van der Waals surface area contributed by atoms with Gasteiger partial charge in [-0.05, 0) is 20.4 Å². The Hall–Kier alpha value is -0.670. The van der Waals surface area contributed by atoms with Crippen LogP contribution in [0.5, 0.6) is 0 Å². The monoisotopic (exact) mass is 258 g/mol. The number of ether oxygens (including phenoxy) is 2. The lowest BCUT2D eigenvalue weighted by Gasteiger charge is -2.25. The van der Waals surface area contributed by atoms with Crippen molar-refractivity contribution in [1.29, 1.82) is 5.26 Å². The molecule has 18 heavy (non-hydrogen) atoms. The first kappa shape index (κ1) is 17.3. The second kappa shape index (κ2) is 10.3. The third kappa shape index (κ3) is 8.43. The van der Waals surface area contributed by atoms with Crippen LogP contribution >= 0.6 is 0 Å². The van der Waals surface area contributed by atoms with Crippen LogP contribution < -0.4 is 0 Å². The van der Waals surface area contributed by atoms with Crippen LogP contribution in [0.1, 0.15) is 20.8 Å². The number of nitriles is 1. The SMILES string of the molecule is CCN(CC(C)C#N)CC(O)COC(C)COC. The normalized spacial score (nSPS) is 16.3. The predicted octanol–water partition coefficient (Wildman–Crippen LogP) is 0.880. The van der Waals surface area contributed by atoms with Crippen LogP contribution in [0.3, 0.4) is 0 Å². The molecule has 106 valence electrons. The highest BCUT2D eigenvalue weighted by atomic mass is 16.5. The molecule has 0 bridgehead atoms. The molecule has 0 rings (SSSR count). The van der Waals surface area contributed by atoms with E-state index in [4.69, 9.17) is 14.7 Å². The number of methoxy groups -OCH3 is 1. The van der Waals surface area contributed by atoms with Crippen LogP contribution in [0.15, 0.2) is 0 Å². The summed E-state index contributed by atoms with van der Waals surface area (Å²) < 4.78 is 10.4. The van der Waals surface area contributed by atoms with Crippen molar-refractivity contribution in [2.45, 2.75) is 33.0 Å². The molecule has 5 nitrogen and oxygen atoms in total. The molecule has 0 radical (unpaired) electrons. The van der Waals surface area contributed by atoms with Crippen LogP contribution in [-0.4, -0.2) is 62.2 Å². The standard InChI is InChI=1S/C13H26N2O3/c1-5-15(7-11(2)6-14)8-13(16)10-18-12(3)9-17-4/h11-13,16H,5,7-10H2,1-4H3. The van der Waals surface area contributed by atoms with Gasteiger partial charge < -0.3 is 14.6 Å². The lowest BCUT2D eigenvalue weighted by Crippen LogP contribution is -2.38. The summed E-state index contributed by atoms with van der Waals surface area (Å²) in [6.45, 7) is 8.65. The Morgan fingerprint density at radius 3 is 2.44 bits per heavy atom. The zero-order valence-corrected chi connectivity index (χ0v) is 11.9. The number of hydrogen-bond acceptors (Lipinski definition) is 5. The van der Waals surface area contributed by atoms with Gasteiger partial charge in [0.25, 0.3) is 0 Å². The van der Waals surface area contributed by atoms with Gasteiger partial charge in [0.05, 0.1) is 37.4 Å². The first-order chi connectivity index (χ1) is 8.53. The molecule has 0 aliphatic heterocycles. The average Bonchev–Trinajstić information content (AvgIpc) is 2.35. The van der Waals surface area contributed by atoms with Crippen LogP contribution in [0.25, 0.3) is 0 Å². The first-order valence-electron chi connectivity index (χ1n) is 6.44. The second-order valence-electron chi connectivity index (χ2n) is 4.64. The highest BCUT2D eigenvalue weighted by Crippen LogP contribution is 2.01. The molecule has 0 aliphatic rings. The summed E-state index contributed by atoms with van der Waals surface area (Å²) in [5, 5.41) is 18.6. The highest BCUT2D eigenvalue weighted by molar-refractivity contribution is 4.81. The number of likely N-dealkylation sites (N-methyl/N-ethyl adjacent to an activating group) is 1. The Morgan fingerprint density at radius 2 is 1.94 bits per heavy atom. The Morgan fingerprint density at radius 1 is 1.28 bits per heavy atom. The quantitative estimate of drug-likeness (QED) is 0.630. The second-order valence-corrected chi connectivity index (χ2v) is 4.64. The van der Waals surface area contributed by atoms with Crippen molar-refractivity contribution >= 4 is 0 Å². The molecule has 0 heterocycles. The van der Waals surface area contributed by atoms with Gasteiger partial charge in [-0.1, -0.05) is 6.92 Å². The molecular weight excluding hydrogens is 232 g/mol. The van der Waals surface area contributed by atoms with Crippen LogP contribution in [0, 0.1) is 17.2 Å². The number of nitrogens with zero attached hydrogens (tertiary/aromatic N) is 2. The molecule has 0 saturated heterocycles. The van der Waals surface area contributed by atoms with E-state index >= 15 is 0 Å². The molecule has 0 fully saturated rings. The molecule has 0 aromatic carbocycles. The highest BCUT2D eigenvalue weighted by Gasteiger charge is 2.14. The van der Waals surface area contributed by atoms with Gasteiger partial charge in [-0.3, -0.25) is 4.90 Å². The maximum absolute atomic E-state index is 9.86. The molecular formula is C13H26N2O3. The minimum Gasteiger partial charge on any atom is -0.389 e. The molecule has 5 heteroatoms. The molecule has 0 spiro atoms. The van der Waals surface area contributed by atoms with Crippen molar-refractivity contribution in [3.05, 3.63) is 0 Å². The summed E-state index contributed by atoms with van der Waals surface area (Å²) in [6.07, 6.45) is -0.548. The molecule has 1 N–H and O–H groups in total. The van der Waals surface area contributed by atoms with Crippen molar-refractivity contribution in [2.75, 3.05) is 40.0 Å². The Balaban J connectivity index is 3.89. The molecule has 0 amide bonds. The molecule has 3 atom stereocenters. The van der Waals surface area contributed by atoms with Gasteiger partial charge >= 0.3 is 0 Å². The topological polar surface area (TPSA) is 65.7 Å². The third-order valence-electron chi connectivity index (χ3n) is 2.64. The van der Waals surface area contributed by atoms with E-state index in [0.29, 0.717) is 26.3 Å².